The molecular formula is C23H27N3O4. The summed E-state index contributed by atoms with van der Waals surface area (Å²) in [5.74, 6) is -0.496. The van der Waals surface area contributed by atoms with Crippen LogP contribution in [0.25, 0.3) is 0 Å². The van der Waals surface area contributed by atoms with Gasteiger partial charge in [0.2, 0.25) is 5.43 Å². The summed E-state index contributed by atoms with van der Waals surface area (Å²) in [6.07, 6.45) is 3.10. The summed E-state index contributed by atoms with van der Waals surface area (Å²) in [5.41, 5.74) is 0.853. The Hall–Kier alpha value is -2.93. The van der Waals surface area contributed by atoms with Gasteiger partial charge in [-0.15, -0.1) is 0 Å². The molecule has 0 aliphatic carbocycles. The highest BCUT2D eigenvalue weighted by Crippen LogP contribution is 2.30. The van der Waals surface area contributed by atoms with Crippen LogP contribution in [0.5, 0.6) is 5.75 Å². The average Bonchev–Trinajstić information content (AvgIpc) is 2.75. The van der Waals surface area contributed by atoms with Gasteiger partial charge in [-0.25, -0.2) is 0 Å². The maximum absolute atomic E-state index is 13.3. The molecule has 0 bridgehead atoms. The molecule has 3 heterocycles. The van der Waals surface area contributed by atoms with Gasteiger partial charge in [-0.1, -0.05) is 30.3 Å². The summed E-state index contributed by atoms with van der Waals surface area (Å²) in [4.78, 5) is 43.2. The van der Waals surface area contributed by atoms with Gasteiger partial charge in [0.05, 0.1) is 19.2 Å². The van der Waals surface area contributed by atoms with E-state index in [0.717, 1.165) is 18.5 Å². The van der Waals surface area contributed by atoms with E-state index in [1.807, 2.05) is 49.2 Å². The topological polar surface area (TPSA) is 71.8 Å². The molecule has 1 saturated heterocycles. The minimum atomic E-state index is -0.508. The summed E-state index contributed by atoms with van der Waals surface area (Å²) >= 11 is 0. The number of hydrogen-bond donors (Lipinski definition) is 0. The lowest BCUT2D eigenvalue weighted by Gasteiger charge is -2.49. The molecule has 7 nitrogen and oxygen atoms in total. The molecule has 2 aliphatic rings. The number of fused-ring (bicyclic) bond motifs is 2. The number of ether oxygens (including phenoxy) is 1. The second kappa shape index (κ2) is 8.07. The number of rotatable bonds is 5. The predicted octanol–water partition coefficient (Wildman–Crippen LogP) is 2.18. The third kappa shape index (κ3) is 3.43. The van der Waals surface area contributed by atoms with Crippen LogP contribution in [0, 0.1) is 0 Å². The van der Waals surface area contributed by atoms with E-state index in [0.29, 0.717) is 13.0 Å². The van der Waals surface area contributed by atoms with Crippen LogP contribution in [-0.4, -0.2) is 59.0 Å². The highest BCUT2D eigenvalue weighted by molar-refractivity contribution is 6.00. The Labute approximate surface area is 175 Å². The number of carbonyl (C=O) groups is 2. The minimum Gasteiger partial charge on any atom is -0.491 e. The van der Waals surface area contributed by atoms with Crippen molar-refractivity contribution in [2.45, 2.75) is 44.9 Å². The Morgan fingerprint density at radius 2 is 1.93 bits per heavy atom. The van der Waals surface area contributed by atoms with Crippen molar-refractivity contribution in [3.63, 3.8) is 0 Å². The second-order valence-electron chi connectivity index (χ2n) is 8.13. The number of hydrogen-bond acceptors (Lipinski definition) is 5. The van der Waals surface area contributed by atoms with Crippen molar-refractivity contribution >= 4 is 11.7 Å². The van der Waals surface area contributed by atoms with Crippen LogP contribution in [0.1, 0.15) is 46.2 Å². The number of carbonyl (C=O) groups excluding carboxylic acids is 2. The molecule has 0 radical (unpaired) electrons. The standard InChI is InChI=1S/C23H27N3O4/c1-15-11-12-24(2)19-14-25-13-17(18(27)10-9-16-7-5-4-6-8-16)21(28)22(30-3)20(25)23(29)26(15)19/h4-8,13,15,19H,9-12,14H2,1-3H3/t15-,19-/m0/s1. The van der Waals surface area contributed by atoms with Crippen molar-refractivity contribution < 1.29 is 14.3 Å². The number of aryl methyl sites for hydroxylation is 1. The zero-order valence-corrected chi connectivity index (χ0v) is 17.6. The molecule has 158 valence electrons. The average molecular weight is 409 g/mol. The molecule has 1 amide bonds. The van der Waals surface area contributed by atoms with Gasteiger partial charge < -0.3 is 14.2 Å². The number of benzene rings is 1. The molecule has 30 heavy (non-hydrogen) atoms. The highest BCUT2D eigenvalue weighted by Gasteiger charge is 2.42. The van der Waals surface area contributed by atoms with E-state index in [1.165, 1.54) is 7.11 Å². The SMILES string of the molecule is COc1c2n(cc(C(=O)CCc3ccccc3)c1=O)C[C@H]1N(C)CC[C@H](C)N1C2=O. The Morgan fingerprint density at radius 1 is 1.20 bits per heavy atom. The zero-order valence-electron chi connectivity index (χ0n) is 17.6. The molecule has 0 unspecified atom stereocenters. The molecule has 1 fully saturated rings. The quantitative estimate of drug-likeness (QED) is 0.708. The van der Waals surface area contributed by atoms with Crippen LogP contribution in [0.15, 0.2) is 41.3 Å². The molecule has 4 rings (SSSR count). The minimum absolute atomic E-state index is 0.0376. The maximum Gasteiger partial charge on any atom is 0.276 e. The second-order valence-corrected chi connectivity index (χ2v) is 8.13. The molecular weight excluding hydrogens is 382 g/mol. The van der Waals surface area contributed by atoms with E-state index in [9.17, 15) is 14.4 Å². The zero-order chi connectivity index (χ0) is 21.4. The highest BCUT2D eigenvalue weighted by atomic mass is 16.5. The molecule has 2 aliphatic heterocycles. The van der Waals surface area contributed by atoms with E-state index in [-0.39, 0.29) is 47.3 Å². The molecule has 0 saturated carbocycles. The van der Waals surface area contributed by atoms with Gasteiger partial charge in [0.1, 0.15) is 6.17 Å². The fourth-order valence-electron chi connectivity index (χ4n) is 4.47. The van der Waals surface area contributed by atoms with E-state index in [4.69, 9.17) is 4.74 Å². The fraction of sp³-hybridized carbons (Fsp3) is 0.435. The van der Waals surface area contributed by atoms with Gasteiger partial charge in [0.15, 0.2) is 17.2 Å². The molecule has 1 aromatic heterocycles. The first kappa shape index (κ1) is 20.3. The molecule has 0 spiro atoms. The number of nitrogens with zero attached hydrogens (tertiary/aromatic N) is 3. The lowest BCUT2D eigenvalue weighted by atomic mass is 10.0. The molecule has 7 heteroatoms. The Balaban J connectivity index is 1.70. The number of Topliss-reactive ketones (excluding diaryl/α,β-unsaturated/α-hetero) is 1. The van der Waals surface area contributed by atoms with E-state index >= 15 is 0 Å². The van der Waals surface area contributed by atoms with Crippen LogP contribution in [0.2, 0.25) is 0 Å². The van der Waals surface area contributed by atoms with E-state index in [1.54, 1.807) is 10.8 Å². The molecule has 1 aromatic carbocycles. The van der Waals surface area contributed by atoms with Crippen LogP contribution in [-0.2, 0) is 13.0 Å². The van der Waals surface area contributed by atoms with Crippen LogP contribution < -0.4 is 10.2 Å². The first-order valence-corrected chi connectivity index (χ1v) is 10.3. The van der Waals surface area contributed by atoms with Crippen molar-refractivity contribution in [2.24, 2.45) is 0 Å². The summed E-state index contributed by atoms with van der Waals surface area (Å²) in [7, 11) is 3.37. The number of ketones is 1. The van der Waals surface area contributed by atoms with Crippen LogP contribution in [0.3, 0.4) is 0 Å². The van der Waals surface area contributed by atoms with E-state index in [2.05, 4.69) is 4.90 Å². The molecule has 2 atom stereocenters. The summed E-state index contributed by atoms with van der Waals surface area (Å²) in [5, 5.41) is 0. The van der Waals surface area contributed by atoms with Gasteiger partial charge in [0.25, 0.3) is 5.91 Å². The van der Waals surface area contributed by atoms with Crippen molar-refractivity contribution in [3.8, 4) is 5.75 Å². The number of methoxy groups -OCH3 is 1. The number of aromatic nitrogens is 1. The first-order chi connectivity index (χ1) is 14.4. The van der Waals surface area contributed by atoms with E-state index < -0.39 is 5.43 Å². The Kier molecular flexibility index (Phi) is 5.47. The normalized spacial score (nSPS) is 21.2. The summed E-state index contributed by atoms with van der Waals surface area (Å²) in [6.45, 7) is 3.42. The van der Waals surface area contributed by atoms with Crippen molar-refractivity contribution in [1.29, 1.82) is 0 Å². The van der Waals surface area contributed by atoms with Crippen molar-refractivity contribution in [2.75, 3.05) is 20.7 Å². The Morgan fingerprint density at radius 3 is 2.63 bits per heavy atom. The number of pyridine rings is 1. The fourth-order valence-corrected chi connectivity index (χ4v) is 4.47. The largest absolute Gasteiger partial charge is 0.491 e. The van der Waals surface area contributed by atoms with Crippen molar-refractivity contribution in [1.82, 2.24) is 14.4 Å². The molecule has 0 N–H and O–H groups in total. The van der Waals surface area contributed by atoms with Crippen LogP contribution >= 0.6 is 0 Å². The first-order valence-electron chi connectivity index (χ1n) is 10.3. The smallest absolute Gasteiger partial charge is 0.276 e. The molecule has 2 aromatic rings. The summed E-state index contributed by atoms with van der Waals surface area (Å²) < 4.78 is 7.09. The monoisotopic (exact) mass is 409 g/mol. The Bertz CT molecular complexity index is 1030. The van der Waals surface area contributed by atoms with Gasteiger partial charge in [-0.3, -0.25) is 19.3 Å². The van der Waals surface area contributed by atoms with Gasteiger partial charge in [0, 0.05) is 25.2 Å². The van der Waals surface area contributed by atoms with Gasteiger partial charge in [-0.05, 0) is 32.4 Å². The predicted molar refractivity (Wildman–Crippen MR) is 113 cm³/mol. The third-order valence-corrected chi connectivity index (χ3v) is 6.23. The van der Waals surface area contributed by atoms with Gasteiger partial charge in [-0.2, -0.15) is 0 Å². The van der Waals surface area contributed by atoms with Crippen molar-refractivity contribution in [3.05, 3.63) is 63.6 Å². The third-order valence-electron chi connectivity index (χ3n) is 6.23. The maximum atomic E-state index is 13.3. The van der Waals surface area contributed by atoms with Gasteiger partial charge >= 0.3 is 0 Å². The lowest BCUT2D eigenvalue weighted by molar-refractivity contribution is -0.0209. The summed E-state index contributed by atoms with van der Waals surface area (Å²) in [6, 6.07) is 9.78. The number of amides is 1. The van der Waals surface area contributed by atoms with Crippen LogP contribution in [0.4, 0.5) is 0 Å². The lowest BCUT2D eigenvalue weighted by Crippen LogP contribution is -2.62. The number of likely N-dealkylation sites (N-methyl/N-ethyl adjacent to an activating group) is 1.